The molecule has 0 atom stereocenters. The lowest BCUT2D eigenvalue weighted by Gasteiger charge is -2.26. The molecule has 0 unspecified atom stereocenters. The van der Waals surface area contributed by atoms with Crippen LogP contribution in [0.2, 0.25) is 0 Å². The first-order valence-electron chi connectivity index (χ1n) is 8.21. The highest BCUT2D eigenvalue weighted by Crippen LogP contribution is 2.52. The SMILES string of the molecule is CC1=CC(C)=NC2=C(c3ccccc3)SC(=C3C(=O)N(C)C(=S)N3C)N12. The van der Waals surface area contributed by atoms with Crippen LogP contribution in [0.25, 0.3) is 4.91 Å². The number of thiocarbonyl (C=S) groups is 1. The van der Waals surface area contributed by atoms with Gasteiger partial charge in [-0.1, -0.05) is 42.1 Å². The number of likely N-dealkylation sites (N-methyl/N-ethyl adjacent to an activating group) is 2. The molecule has 0 saturated carbocycles. The molecule has 0 bridgehead atoms. The smallest absolute Gasteiger partial charge is 0.279 e. The third kappa shape index (κ3) is 2.42. The summed E-state index contributed by atoms with van der Waals surface area (Å²) in [6.07, 6.45) is 2.03. The van der Waals surface area contributed by atoms with Crippen molar-refractivity contribution in [2.75, 3.05) is 14.1 Å². The maximum absolute atomic E-state index is 12.8. The van der Waals surface area contributed by atoms with Crippen molar-refractivity contribution < 1.29 is 4.79 Å². The standard InChI is InChI=1S/C19H18N4OS2/c1-11-10-12(2)23-16(20-11)15(13-8-6-5-7-9-13)26-18(23)14-17(24)22(4)19(25)21(14)3/h5-10H,1-4H3. The quantitative estimate of drug-likeness (QED) is 0.548. The van der Waals surface area contributed by atoms with E-state index in [4.69, 9.17) is 17.2 Å². The molecule has 132 valence electrons. The normalized spacial score (nSPS) is 23.0. The van der Waals surface area contributed by atoms with Gasteiger partial charge >= 0.3 is 0 Å². The maximum Gasteiger partial charge on any atom is 0.279 e. The number of hydrogen-bond donors (Lipinski definition) is 0. The van der Waals surface area contributed by atoms with Gasteiger partial charge in [0.25, 0.3) is 5.91 Å². The summed E-state index contributed by atoms with van der Waals surface area (Å²) in [5.41, 5.74) is 3.67. The van der Waals surface area contributed by atoms with Gasteiger partial charge in [-0.3, -0.25) is 14.6 Å². The molecule has 0 radical (unpaired) electrons. The number of nitrogens with zero attached hydrogens (tertiary/aromatic N) is 4. The summed E-state index contributed by atoms with van der Waals surface area (Å²) < 4.78 is 0. The Labute approximate surface area is 162 Å². The first-order chi connectivity index (χ1) is 12.4. The zero-order chi connectivity index (χ0) is 18.6. The number of benzene rings is 1. The molecule has 1 amide bonds. The summed E-state index contributed by atoms with van der Waals surface area (Å²) in [6, 6.07) is 10.1. The highest BCUT2D eigenvalue weighted by Gasteiger charge is 2.42. The van der Waals surface area contributed by atoms with E-state index in [1.807, 2.05) is 45.2 Å². The van der Waals surface area contributed by atoms with Gasteiger partial charge in [-0.15, -0.1) is 0 Å². The van der Waals surface area contributed by atoms with E-state index in [0.29, 0.717) is 10.8 Å². The summed E-state index contributed by atoms with van der Waals surface area (Å²) in [5, 5.41) is 1.36. The van der Waals surface area contributed by atoms with Gasteiger partial charge in [-0.05, 0) is 37.7 Å². The molecule has 5 nitrogen and oxygen atoms in total. The number of fused-ring (bicyclic) bond motifs is 1. The molecule has 1 fully saturated rings. The highest BCUT2D eigenvalue weighted by atomic mass is 32.2. The molecule has 0 aromatic heterocycles. The minimum Gasteiger partial charge on any atom is -0.315 e. The van der Waals surface area contributed by atoms with Crippen LogP contribution in [0.4, 0.5) is 0 Å². The molecule has 0 aliphatic carbocycles. The Morgan fingerprint density at radius 3 is 2.38 bits per heavy atom. The molecule has 3 aliphatic heterocycles. The topological polar surface area (TPSA) is 39.2 Å². The van der Waals surface area contributed by atoms with E-state index in [-0.39, 0.29) is 5.91 Å². The number of carbonyl (C=O) groups is 1. The molecular weight excluding hydrogens is 364 g/mol. The molecule has 0 spiro atoms. The fraction of sp³-hybridized carbons (Fsp3) is 0.211. The number of amides is 1. The van der Waals surface area contributed by atoms with Crippen molar-refractivity contribution in [3.63, 3.8) is 0 Å². The van der Waals surface area contributed by atoms with Crippen LogP contribution in [0.15, 0.2) is 63.6 Å². The third-order valence-electron chi connectivity index (χ3n) is 4.52. The summed E-state index contributed by atoms with van der Waals surface area (Å²) in [6.45, 7) is 4.02. The van der Waals surface area contributed by atoms with Gasteiger partial charge in [-0.25, -0.2) is 4.99 Å². The summed E-state index contributed by atoms with van der Waals surface area (Å²) >= 11 is 6.96. The van der Waals surface area contributed by atoms with Crippen molar-refractivity contribution in [1.82, 2.24) is 14.7 Å². The highest BCUT2D eigenvalue weighted by molar-refractivity contribution is 8.12. The van der Waals surface area contributed by atoms with Crippen LogP contribution >= 0.6 is 24.0 Å². The fourth-order valence-electron chi connectivity index (χ4n) is 3.26. The monoisotopic (exact) mass is 382 g/mol. The largest absolute Gasteiger partial charge is 0.315 e. The Hall–Kier alpha value is -2.38. The van der Waals surface area contributed by atoms with Crippen molar-refractivity contribution in [2.24, 2.45) is 4.99 Å². The van der Waals surface area contributed by atoms with Crippen molar-refractivity contribution in [1.29, 1.82) is 0 Å². The summed E-state index contributed by atoms with van der Waals surface area (Å²) in [5.74, 6) is 0.774. The van der Waals surface area contributed by atoms with E-state index in [0.717, 1.165) is 32.7 Å². The van der Waals surface area contributed by atoms with Crippen LogP contribution < -0.4 is 0 Å². The first-order valence-corrected chi connectivity index (χ1v) is 9.44. The molecule has 26 heavy (non-hydrogen) atoms. The van der Waals surface area contributed by atoms with Crippen LogP contribution in [-0.2, 0) is 4.79 Å². The Bertz CT molecular complexity index is 959. The average molecular weight is 383 g/mol. The van der Waals surface area contributed by atoms with E-state index in [9.17, 15) is 4.79 Å². The zero-order valence-corrected chi connectivity index (χ0v) is 16.6. The molecular formula is C19H18N4OS2. The number of aliphatic imine (C=N–C) groups is 1. The Morgan fingerprint density at radius 2 is 1.77 bits per heavy atom. The lowest BCUT2D eigenvalue weighted by molar-refractivity contribution is -0.121. The van der Waals surface area contributed by atoms with Crippen molar-refractivity contribution in [2.45, 2.75) is 13.8 Å². The zero-order valence-electron chi connectivity index (χ0n) is 15.0. The number of thioether (sulfide) groups is 1. The Kier molecular flexibility index (Phi) is 4.00. The molecule has 3 heterocycles. The van der Waals surface area contributed by atoms with Gasteiger partial charge in [0.05, 0.1) is 4.91 Å². The minimum atomic E-state index is -0.0901. The van der Waals surface area contributed by atoms with Crippen LogP contribution in [0.3, 0.4) is 0 Å². The molecule has 0 N–H and O–H groups in total. The van der Waals surface area contributed by atoms with Crippen molar-refractivity contribution in [3.8, 4) is 0 Å². The maximum atomic E-state index is 12.8. The average Bonchev–Trinajstić information content (AvgIpc) is 3.08. The molecule has 1 aromatic carbocycles. The second-order valence-corrected chi connectivity index (χ2v) is 7.72. The fourth-order valence-corrected chi connectivity index (χ4v) is 4.75. The molecule has 1 saturated heterocycles. The van der Waals surface area contributed by atoms with E-state index in [2.05, 4.69) is 17.0 Å². The number of carbonyl (C=O) groups excluding carboxylic acids is 1. The lowest BCUT2D eigenvalue weighted by atomic mass is 10.2. The summed E-state index contributed by atoms with van der Waals surface area (Å²) in [7, 11) is 3.55. The van der Waals surface area contributed by atoms with E-state index in [1.165, 1.54) is 4.90 Å². The van der Waals surface area contributed by atoms with Gasteiger partial charge in [0.2, 0.25) is 0 Å². The number of rotatable bonds is 1. The van der Waals surface area contributed by atoms with Gasteiger partial charge in [0.1, 0.15) is 10.7 Å². The van der Waals surface area contributed by atoms with Crippen LogP contribution in [0.5, 0.6) is 0 Å². The first kappa shape index (κ1) is 17.1. The molecule has 4 rings (SSSR count). The van der Waals surface area contributed by atoms with Crippen molar-refractivity contribution in [3.05, 3.63) is 64.2 Å². The Balaban J connectivity index is 1.92. The predicted octanol–water partition coefficient (Wildman–Crippen LogP) is 3.60. The van der Waals surface area contributed by atoms with Gasteiger partial charge < -0.3 is 4.90 Å². The number of allylic oxidation sites excluding steroid dienone is 2. The van der Waals surface area contributed by atoms with Gasteiger partial charge in [0, 0.05) is 25.5 Å². The van der Waals surface area contributed by atoms with Crippen LogP contribution in [-0.4, -0.2) is 45.5 Å². The third-order valence-corrected chi connectivity index (χ3v) is 6.26. The van der Waals surface area contributed by atoms with Gasteiger partial charge in [-0.2, -0.15) is 0 Å². The van der Waals surface area contributed by atoms with E-state index >= 15 is 0 Å². The molecule has 7 heteroatoms. The van der Waals surface area contributed by atoms with E-state index in [1.54, 1.807) is 23.7 Å². The lowest BCUT2D eigenvalue weighted by Crippen LogP contribution is -2.27. The van der Waals surface area contributed by atoms with Crippen LogP contribution in [0, 0.1) is 0 Å². The second kappa shape index (κ2) is 6.10. The minimum absolute atomic E-state index is 0.0901. The van der Waals surface area contributed by atoms with Gasteiger partial charge in [0.15, 0.2) is 10.9 Å². The van der Waals surface area contributed by atoms with Crippen LogP contribution in [0.1, 0.15) is 19.4 Å². The molecule has 3 aliphatic rings. The van der Waals surface area contributed by atoms with E-state index < -0.39 is 0 Å². The molecule has 1 aromatic rings. The second-order valence-electron chi connectivity index (χ2n) is 6.35. The Morgan fingerprint density at radius 1 is 1.08 bits per heavy atom. The number of hydrogen-bond acceptors (Lipinski definition) is 5. The van der Waals surface area contributed by atoms with Crippen molar-refractivity contribution >= 4 is 45.6 Å². The summed E-state index contributed by atoms with van der Waals surface area (Å²) in [4.78, 5) is 24.0. The predicted molar refractivity (Wildman–Crippen MR) is 110 cm³/mol.